The van der Waals surface area contributed by atoms with Gasteiger partial charge in [0.2, 0.25) is 0 Å². The smallest absolute Gasteiger partial charge is 0.271 e. The van der Waals surface area contributed by atoms with E-state index < -0.39 is 0 Å². The Kier molecular flexibility index (Phi) is 4.77. The van der Waals surface area contributed by atoms with Gasteiger partial charge in [-0.2, -0.15) is 4.37 Å². The summed E-state index contributed by atoms with van der Waals surface area (Å²) in [6.45, 7) is 5.50. The van der Waals surface area contributed by atoms with Crippen LogP contribution in [0.15, 0.2) is 18.2 Å². The topological polar surface area (TPSA) is 51.7 Å². The zero-order valence-electron chi connectivity index (χ0n) is 16.7. The molecule has 28 heavy (non-hydrogen) atoms. The normalized spacial score (nSPS) is 29.8. The van der Waals surface area contributed by atoms with Crippen LogP contribution >= 0.6 is 11.5 Å². The van der Waals surface area contributed by atoms with Gasteiger partial charge in [-0.3, -0.25) is 4.79 Å². The highest BCUT2D eigenvalue weighted by Crippen LogP contribution is 2.31. The van der Waals surface area contributed by atoms with Crippen LogP contribution < -0.4 is 10.2 Å². The van der Waals surface area contributed by atoms with Crippen LogP contribution in [-0.2, 0) is 0 Å². The largest absolute Gasteiger partial charge is 0.370 e. The summed E-state index contributed by atoms with van der Waals surface area (Å²) in [5, 5.41) is 4.26. The van der Waals surface area contributed by atoms with Gasteiger partial charge in [0.05, 0.1) is 4.70 Å². The molecule has 0 radical (unpaired) electrons. The first kappa shape index (κ1) is 18.3. The van der Waals surface area contributed by atoms with Crippen LogP contribution in [0.4, 0.5) is 5.69 Å². The number of nitrogens with zero attached hydrogens (tertiary/aromatic N) is 4. The Balaban J connectivity index is 1.32. The summed E-state index contributed by atoms with van der Waals surface area (Å²) < 4.78 is 5.62. The molecule has 2 aromatic rings. The minimum absolute atomic E-state index is 0.00778. The van der Waals surface area contributed by atoms with E-state index in [1.165, 1.54) is 49.6 Å². The number of amides is 1. The zero-order valence-corrected chi connectivity index (χ0v) is 17.5. The van der Waals surface area contributed by atoms with Gasteiger partial charge in [0.15, 0.2) is 0 Å². The first-order valence-corrected chi connectivity index (χ1v) is 11.2. The van der Waals surface area contributed by atoms with Crippen molar-refractivity contribution >= 4 is 33.2 Å². The van der Waals surface area contributed by atoms with Gasteiger partial charge in [0.25, 0.3) is 5.91 Å². The average Bonchev–Trinajstić information content (AvgIpc) is 3.36. The van der Waals surface area contributed by atoms with Crippen LogP contribution in [0.3, 0.4) is 0 Å². The Labute approximate surface area is 170 Å². The van der Waals surface area contributed by atoms with Crippen molar-refractivity contribution in [1.82, 2.24) is 19.5 Å². The Morgan fingerprint density at radius 2 is 2.00 bits per heavy atom. The van der Waals surface area contributed by atoms with E-state index in [1.54, 1.807) is 0 Å². The summed E-state index contributed by atoms with van der Waals surface area (Å²) in [6.07, 6.45) is 3.60. The van der Waals surface area contributed by atoms with Crippen LogP contribution in [0.5, 0.6) is 0 Å². The molecule has 4 aliphatic rings. The number of carbonyl (C=O) groups excluding carboxylic acids is 1. The molecule has 0 unspecified atom stereocenters. The highest BCUT2D eigenvalue weighted by molar-refractivity contribution is 7.13. The molecule has 7 heteroatoms. The third kappa shape index (κ3) is 3.29. The quantitative estimate of drug-likeness (QED) is 0.855. The molecule has 1 N–H and O–H groups in total. The van der Waals surface area contributed by atoms with Gasteiger partial charge in [-0.05, 0) is 82.1 Å². The van der Waals surface area contributed by atoms with E-state index in [2.05, 4.69) is 56.7 Å². The van der Waals surface area contributed by atoms with Crippen molar-refractivity contribution in [3.05, 3.63) is 23.9 Å². The number of rotatable bonds is 4. The second kappa shape index (κ2) is 7.28. The molecule has 4 aliphatic heterocycles. The summed E-state index contributed by atoms with van der Waals surface area (Å²) >= 11 is 1.44. The van der Waals surface area contributed by atoms with E-state index in [1.807, 2.05) is 0 Å². The fraction of sp³-hybridized carbons (Fsp3) is 0.619. The lowest BCUT2D eigenvalue weighted by molar-refractivity contribution is 0.0619. The number of anilines is 1. The van der Waals surface area contributed by atoms with Gasteiger partial charge in [0, 0.05) is 42.8 Å². The second-order valence-electron chi connectivity index (χ2n) is 8.78. The summed E-state index contributed by atoms with van der Waals surface area (Å²) in [4.78, 5) is 20.1. The Morgan fingerprint density at radius 3 is 2.68 bits per heavy atom. The molecule has 5 heterocycles. The van der Waals surface area contributed by atoms with E-state index in [0.717, 1.165) is 29.7 Å². The van der Waals surface area contributed by atoms with Gasteiger partial charge < -0.3 is 20.0 Å². The predicted molar refractivity (Wildman–Crippen MR) is 114 cm³/mol. The first-order chi connectivity index (χ1) is 13.6. The predicted octanol–water partition coefficient (Wildman–Crippen LogP) is 2.26. The van der Waals surface area contributed by atoms with E-state index >= 15 is 0 Å². The van der Waals surface area contributed by atoms with E-state index in [0.29, 0.717) is 17.7 Å². The fourth-order valence-corrected chi connectivity index (χ4v) is 5.86. The maximum atomic E-state index is 12.9. The number of benzene rings is 1. The summed E-state index contributed by atoms with van der Waals surface area (Å²) in [5.74, 6) is 0.622. The number of hydrogen-bond donors (Lipinski definition) is 1. The third-order valence-corrected chi connectivity index (χ3v) is 7.71. The molecule has 1 amide bonds. The van der Waals surface area contributed by atoms with Gasteiger partial charge in [0.1, 0.15) is 5.69 Å². The number of hydrogen-bond acceptors (Lipinski definition) is 6. The summed E-state index contributed by atoms with van der Waals surface area (Å²) in [5.41, 5.74) is 1.83. The minimum Gasteiger partial charge on any atom is -0.370 e. The molecule has 0 spiro atoms. The lowest BCUT2D eigenvalue weighted by Crippen LogP contribution is -2.57. The average molecular weight is 400 g/mol. The maximum absolute atomic E-state index is 12.9. The molecule has 6 rings (SSSR count). The number of aromatic nitrogens is 1. The number of piperidine rings is 3. The molecule has 4 saturated heterocycles. The molecule has 0 saturated carbocycles. The van der Waals surface area contributed by atoms with Crippen LogP contribution in [0, 0.1) is 5.92 Å². The van der Waals surface area contributed by atoms with Crippen LogP contribution in [0.1, 0.15) is 29.8 Å². The number of nitrogens with one attached hydrogen (secondary N) is 1. The van der Waals surface area contributed by atoms with Gasteiger partial charge in [-0.1, -0.05) is 0 Å². The van der Waals surface area contributed by atoms with Crippen molar-refractivity contribution in [2.24, 2.45) is 5.92 Å². The molecular formula is C21H29N5OS. The zero-order chi connectivity index (χ0) is 19.3. The molecule has 4 fully saturated rings. The summed E-state index contributed by atoms with van der Waals surface area (Å²) in [7, 11) is 4.31. The van der Waals surface area contributed by atoms with Crippen LogP contribution in [0.2, 0.25) is 0 Å². The van der Waals surface area contributed by atoms with Crippen molar-refractivity contribution in [2.75, 3.05) is 51.7 Å². The van der Waals surface area contributed by atoms with E-state index in [-0.39, 0.29) is 11.9 Å². The highest BCUT2D eigenvalue weighted by Gasteiger charge is 2.35. The summed E-state index contributed by atoms with van der Waals surface area (Å²) in [6, 6.07) is 7.33. The van der Waals surface area contributed by atoms with E-state index in [4.69, 9.17) is 0 Å². The molecule has 1 aromatic heterocycles. The van der Waals surface area contributed by atoms with Crippen molar-refractivity contribution in [3.63, 3.8) is 0 Å². The SMILES string of the molecule is CN(C)[C@@H]1CCN(c2ccc3c(C(=O)N[C@@H]4CN5CCC4CC5)nsc3c2)C1. The van der Waals surface area contributed by atoms with Crippen molar-refractivity contribution < 1.29 is 4.79 Å². The molecular weight excluding hydrogens is 370 g/mol. The molecule has 1 aromatic carbocycles. The number of carbonyl (C=O) groups is 1. The molecule has 0 aliphatic carbocycles. The molecule has 2 atom stereocenters. The van der Waals surface area contributed by atoms with Crippen molar-refractivity contribution in [2.45, 2.75) is 31.3 Å². The lowest BCUT2D eigenvalue weighted by Gasteiger charge is -2.44. The maximum Gasteiger partial charge on any atom is 0.271 e. The van der Waals surface area contributed by atoms with Crippen LogP contribution in [-0.4, -0.2) is 79.0 Å². The number of likely N-dealkylation sites (N-methyl/N-ethyl adjacent to an activating group) is 1. The minimum atomic E-state index is -0.00778. The fourth-order valence-electron chi connectivity index (χ4n) is 5.05. The second-order valence-corrected chi connectivity index (χ2v) is 9.59. The number of fused-ring (bicyclic) bond motifs is 4. The Morgan fingerprint density at radius 1 is 1.18 bits per heavy atom. The highest BCUT2D eigenvalue weighted by atomic mass is 32.1. The van der Waals surface area contributed by atoms with E-state index in [9.17, 15) is 4.79 Å². The lowest BCUT2D eigenvalue weighted by atomic mass is 9.84. The molecule has 2 bridgehead atoms. The third-order valence-electron chi connectivity index (χ3n) is 6.90. The van der Waals surface area contributed by atoms with Gasteiger partial charge in [-0.15, -0.1) is 0 Å². The van der Waals surface area contributed by atoms with Crippen LogP contribution in [0.25, 0.3) is 10.1 Å². The first-order valence-electron chi connectivity index (χ1n) is 10.4. The monoisotopic (exact) mass is 399 g/mol. The van der Waals surface area contributed by atoms with Crippen molar-refractivity contribution in [3.8, 4) is 0 Å². The Hall–Kier alpha value is -1.70. The van der Waals surface area contributed by atoms with Gasteiger partial charge in [-0.25, -0.2) is 0 Å². The van der Waals surface area contributed by atoms with Crippen molar-refractivity contribution in [1.29, 1.82) is 0 Å². The molecule has 6 nitrogen and oxygen atoms in total. The Bertz CT molecular complexity index is 873. The molecule has 150 valence electrons. The standard InChI is InChI=1S/C21H29N5OS/c1-24(2)16-7-10-26(12-16)15-3-4-17-19(11-15)28-23-20(17)21(27)22-18-13-25-8-5-14(18)6-9-25/h3-4,11,14,16,18H,5-10,12-13H2,1-2H3,(H,22,27)/t16-,18-/m1/s1. The van der Waals surface area contributed by atoms with Gasteiger partial charge >= 0.3 is 0 Å².